The first-order chi connectivity index (χ1) is 11.4. The fourth-order valence-corrected chi connectivity index (χ4v) is 2.88. The quantitative estimate of drug-likeness (QED) is 0.685. The molecule has 3 rings (SSSR count). The van der Waals surface area contributed by atoms with Crippen LogP contribution in [0.4, 0.5) is 0 Å². The summed E-state index contributed by atoms with van der Waals surface area (Å²) in [5, 5.41) is 12.1. The Hall–Kier alpha value is -2.40. The molecule has 3 aromatic rings. The Morgan fingerprint density at radius 3 is 2.67 bits per heavy atom. The lowest BCUT2D eigenvalue weighted by molar-refractivity contribution is -0.254. The number of carboxylic acid groups (broad SMARTS) is 1. The molecular formula is C19H15BrNO3-. The number of carbonyl (C=O) groups excluding carboxylic acids is 1. The Balaban J connectivity index is 2.17. The van der Waals surface area contributed by atoms with Crippen LogP contribution >= 0.6 is 15.9 Å². The zero-order valence-electron chi connectivity index (χ0n) is 13.2. The number of hydrogen-bond donors (Lipinski definition) is 0. The summed E-state index contributed by atoms with van der Waals surface area (Å²) in [4.78, 5) is 16.1. The van der Waals surface area contributed by atoms with Gasteiger partial charge in [0.25, 0.3) is 0 Å². The van der Waals surface area contributed by atoms with Crippen molar-refractivity contribution in [3.63, 3.8) is 0 Å². The summed E-state index contributed by atoms with van der Waals surface area (Å²) in [5.41, 5.74) is 2.08. The number of pyridine rings is 1. The first-order valence-electron chi connectivity index (χ1n) is 7.53. The molecule has 0 amide bonds. The lowest BCUT2D eigenvalue weighted by atomic mass is 10.0. The average Bonchev–Trinajstić information content (AvgIpc) is 2.53. The number of nitrogens with zero attached hydrogens (tertiary/aromatic N) is 1. The molecule has 5 heteroatoms. The van der Waals surface area contributed by atoms with Gasteiger partial charge in [0.15, 0.2) is 0 Å². The number of benzene rings is 2. The number of hydrogen-bond acceptors (Lipinski definition) is 4. The molecule has 0 aliphatic heterocycles. The maximum atomic E-state index is 11.5. The van der Waals surface area contributed by atoms with Crippen molar-refractivity contribution in [2.24, 2.45) is 0 Å². The van der Waals surface area contributed by atoms with Crippen molar-refractivity contribution < 1.29 is 14.6 Å². The van der Waals surface area contributed by atoms with E-state index >= 15 is 0 Å². The monoisotopic (exact) mass is 384 g/mol. The number of carbonyl (C=O) groups is 1. The Bertz CT molecular complexity index is 922. The Labute approximate surface area is 148 Å². The van der Waals surface area contributed by atoms with Crippen LogP contribution in [0.25, 0.3) is 22.2 Å². The minimum Gasteiger partial charge on any atom is -0.545 e. The molecule has 0 spiro atoms. The van der Waals surface area contributed by atoms with E-state index in [-0.39, 0.29) is 11.7 Å². The van der Waals surface area contributed by atoms with Gasteiger partial charge in [-0.1, -0.05) is 28.1 Å². The average molecular weight is 385 g/mol. The van der Waals surface area contributed by atoms with Gasteiger partial charge in [-0.05, 0) is 50.2 Å². The molecule has 24 heavy (non-hydrogen) atoms. The molecule has 0 saturated heterocycles. The van der Waals surface area contributed by atoms with Gasteiger partial charge in [0.1, 0.15) is 5.75 Å². The fraction of sp³-hybridized carbons (Fsp3) is 0.158. The highest BCUT2D eigenvalue weighted by Gasteiger charge is 2.10. The van der Waals surface area contributed by atoms with E-state index in [4.69, 9.17) is 4.74 Å². The highest BCUT2D eigenvalue weighted by atomic mass is 79.9. The van der Waals surface area contributed by atoms with E-state index in [0.29, 0.717) is 16.6 Å². The predicted octanol–water partition coefficient (Wildman–Crippen LogP) is 3.82. The van der Waals surface area contributed by atoms with Gasteiger partial charge in [-0.3, -0.25) is 0 Å². The molecule has 0 bridgehead atoms. The summed E-state index contributed by atoms with van der Waals surface area (Å²) in [6.07, 6.45) is 0.0564. The lowest BCUT2D eigenvalue weighted by Crippen LogP contribution is -2.22. The maximum Gasteiger partial charge on any atom is 0.120 e. The van der Waals surface area contributed by atoms with Gasteiger partial charge < -0.3 is 14.6 Å². The molecule has 2 aromatic carbocycles. The smallest absolute Gasteiger partial charge is 0.120 e. The second-order valence-corrected chi connectivity index (χ2v) is 6.61. The van der Waals surface area contributed by atoms with Crippen LogP contribution in [-0.4, -0.2) is 17.1 Å². The molecular weight excluding hydrogens is 370 g/mol. The van der Waals surface area contributed by atoms with Crippen molar-refractivity contribution in [3.05, 3.63) is 58.6 Å². The molecule has 122 valence electrons. The molecule has 0 fully saturated rings. The van der Waals surface area contributed by atoms with E-state index in [2.05, 4.69) is 20.9 Å². The molecule has 0 aliphatic carbocycles. The molecule has 0 unspecified atom stereocenters. The van der Waals surface area contributed by atoms with Gasteiger partial charge in [-0.2, -0.15) is 0 Å². The molecule has 4 nitrogen and oxygen atoms in total. The van der Waals surface area contributed by atoms with E-state index in [1.807, 2.05) is 44.2 Å². The first-order valence-corrected chi connectivity index (χ1v) is 8.32. The third-order valence-corrected chi connectivity index (χ3v) is 3.99. The minimum atomic E-state index is -1.23. The predicted molar refractivity (Wildman–Crippen MR) is 95.0 cm³/mol. The van der Waals surface area contributed by atoms with Crippen LogP contribution in [0.5, 0.6) is 5.75 Å². The van der Waals surface area contributed by atoms with E-state index in [9.17, 15) is 9.90 Å². The minimum absolute atomic E-state index is 0.0564. The van der Waals surface area contributed by atoms with Crippen molar-refractivity contribution in [3.8, 4) is 17.0 Å². The fourth-order valence-electron chi connectivity index (χ4n) is 2.52. The van der Waals surface area contributed by atoms with Crippen molar-refractivity contribution in [2.75, 3.05) is 0 Å². The molecule has 0 saturated carbocycles. The van der Waals surface area contributed by atoms with Crippen LogP contribution in [0, 0.1) is 0 Å². The largest absolute Gasteiger partial charge is 0.545 e. The number of ether oxygens (including phenoxy) is 1. The number of aromatic nitrogens is 1. The third-order valence-electron chi connectivity index (χ3n) is 3.49. The van der Waals surface area contributed by atoms with E-state index in [1.54, 1.807) is 18.2 Å². The van der Waals surface area contributed by atoms with Crippen molar-refractivity contribution in [2.45, 2.75) is 20.0 Å². The Morgan fingerprint density at radius 2 is 1.96 bits per heavy atom. The number of carboxylic acids is 1. The van der Waals surface area contributed by atoms with Gasteiger partial charge in [0.05, 0.1) is 23.3 Å². The summed E-state index contributed by atoms with van der Waals surface area (Å²) in [6, 6.07) is 14.3. The summed E-state index contributed by atoms with van der Waals surface area (Å²) in [6.45, 7) is 3.90. The van der Waals surface area contributed by atoms with Crippen LogP contribution in [0.2, 0.25) is 0 Å². The van der Waals surface area contributed by atoms with Crippen molar-refractivity contribution >= 4 is 32.8 Å². The van der Waals surface area contributed by atoms with Gasteiger partial charge in [-0.15, -0.1) is 0 Å². The highest BCUT2D eigenvalue weighted by Crippen LogP contribution is 2.28. The zero-order valence-corrected chi connectivity index (χ0v) is 14.8. The number of aromatic carboxylic acids is 1. The molecule has 0 radical (unpaired) electrons. The SMILES string of the molecule is CC(C)Oc1cccc(-c2cc(C(=O)[O-])c3cc(Br)ccc3n2)c1. The highest BCUT2D eigenvalue weighted by molar-refractivity contribution is 9.10. The van der Waals surface area contributed by atoms with Gasteiger partial charge >= 0.3 is 0 Å². The van der Waals surface area contributed by atoms with E-state index in [1.165, 1.54) is 0 Å². The third kappa shape index (κ3) is 3.41. The van der Waals surface area contributed by atoms with Crippen molar-refractivity contribution in [1.82, 2.24) is 4.98 Å². The van der Waals surface area contributed by atoms with Crippen LogP contribution in [0.1, 0.15) is 24.2 Å². The second kappa shape index (κ2) is 6.61. The molecule has 0 atom stereocenters. The summed E-state index contributed by atoms with van der Waals surface area (Å²) in [5.74, 6) is -0.508. The van der Waals surface area contributed by atoms with Crippen molar-refractivity contribution in [1.29, 1.82) is 0 Å². The molecule has 1 heterocycles. The van der Waals surface area contributed by atoms with E-state index < -0.39 is 5.97 Å². The Morgan fingerprint density at radius 1 is 1.17 bits per heavy atom. The normalized spacial score (nSPS) is 11.0. The number of rotatable bonds is 4. The zero-order chi connectivity index (χ0) is 17.3. The topological polar surface area (TPSA) is 62.2 Å². The molecule has 1 aromatic heterocycles. The van der Waals surface area contributed by atoms with Crippen LogP contribution in [0.15, 0.2) is 53.0 Å². The van der Waals surface area contributed by atoms with Crippen LogP contribution in [0.3, 0.4) is 0 Å². The molecule has 0 aliphatic rings. The Kier molecular flexibility index (Phi) is 4.53. The van der Waals surface area contributed by atoms with E-state index in [0.717, 1.165) is 15.8 Å². The summed E-state index contributed by atoms with van der Waals surface area (Å²) in [7, 11) is 0. The summed E-state index contributed by atoms with van der Waals surface area (Å²) < 4.78 is 6.49. The van der Waals surface area contributed by atoms with Crippen LogP contribution in [-0.2, 0) is 0 Å². The van der Waals surface area contributed by atoms with Gasteiger partial charge in [0.2, 0.25) is 0 Å². The number of fused-ring (bicyclic) bond motifs is 1. The lowest BCUT2D eigenvalue weighted by Gasteiger charge is -2.13. The maximum absolute atomic E-state index is 11.5. The number of halogens is 1. The van der Waals surface area contributed by atoms with Gasteiger partial charge in [-0.25, -0.2) is 4.98 Å². The second-order valence-electron chi connectivity index (χ2n) is 5.70. The van der Waals surface area contributed by atoms with Crippen LogP contribution < -0.4 is 9.84 Å². The summed E-state index contributed by atoms with van der Waals surface area (Å²) >= 11 is 3.35. The molecule has 0 N–H and O–H groups in total. The van der Waals surface area contributed by atoms with Gasteiger partial charge in [0, 0.05) is 21.0 Å². The standard InChI is InChI=1S/C19H16BrNO3/c1-11(2)24-14-5-3-4-12(8-14)18-10-16(19(22)23)15-9-13(20)6-7-17(15)21-18/h3-11H,1-2H3,(H,22,23)/p-1. The first kappa shape index (κ1) is 16.5.